The zero-order valence-electron chi connectivity index (χ0n) is 19.5. The summed E-state index contributed by atoms with van der Waals surface area (Å²) in [5.74, 6) is -0.633. The van der Waals surface area contributed by atoms with Gasteiger partial charge in [0.2, 0.25) is 5.91 Å². The summed E-state index contributed by atoms with van der Waals surface area (Å²) in [6, 6.07) is 17.2. The first-order valence-electron chi connectivity index (χ1n) is 11.2. The van der Waals surface area contributed by atoms with Crippen molar-refractivity contribution in [3.8, 4) is 0 Å². The smallest absolute Gasteiger partial charge is 0.350 e. The van der Waals surface area contributed by atoms with Crippen molar-refractivity contribution in [3.05, 3.63) is 95.1 Å². The number of nitrogens with one attached hydrogen (secondary N) is 1. The molecule has 0 aromatic heterocycles. The normalized spacial score (nSPS) is 11.8. The highest BCUT2D eigenvalue weighted by atomic mass is 32.2. The lowest BCUT2D eigenvalue weighted by atomic mass is 10.0. The maximum atomic E-state index is 13.4. The Bertz CT molecular complexity index is 1280. The Morgan fingerprint density at radius 2 is 1.60 bits per heavy atom. The van der Waals surface area contributed by atoms with Gasteiger partial charge < -0.3 is 5.32 Å². The quantitative estimate of drug-likeness (QED) is 0.428. The predicted molar refractivity (Wildman–Crippen MR) is 129 cm³/mol. The van der Waals surface area contributed by atoms with Gasteiger partial charge in [0, 0.05) is 6.54 Å². The van der Waals surface area contributed by atoms with Gasteiger partial charge in [-0.1, -0.05) is 56.3 Å². The molecule has 1 N–H and O–H groups in total. The molecule has 5 nitrogen and oxygen atoms in total. The van der Waals surface area contributed by atoms with Crippen molar-refractivity contribution in [2.24, 2.45) is 0 Å². The number of anilines is 1. The van der Waals surface area contributed by atoms with Crippen molar-refractivity contribution in [2.75, 3.05) is 10.8 Å². The van der Waals surface area contributed by atoms with Crippen molar-refractivity contribution in [1.29, 1.82) is 0 Å². The van der Waals surface area contributed by atoms with Crippen molar-refractivity contribution < 1.29 is 26.4 Å². The number of sulfonamides is 1. The van der Waals surface area contributed by atoms with Gasteiger partial charge in [0.25, 0.3) is 10.0 Å². The van der Waals surface area contributed by atoms with Crippen LogP contribution in [0.5, 0.6) is 0 Å². The number of carbonyl (C=O) groups is 1. The summed E-state index contributed by atoms with van der Waals surface area (Å²) in [5.41, 5.74) is 1.81. The second-order valence-corrected chi connectivity index (χ2v) is 9.82. The standard InChI is InChI=1S/C26H27F3N2O3S/c1-3-19-13-14-20(4-2)21(15-19)17-30-25(32)18-31(35(33,34)24-11-6-5-7-12-24)23-10-8-9-22(16-23)26(27,28)29/h5-16H,3-4,17-18H2,1-2H3,(H,30,32). The molecular weight excluding hydrogens is 477 g/mol. The predicted octanol–water partition coefficient (Wildman–Crippen LogP) is 5.34. The average molecular weight is 505 g/mol. The lowest BCUT2D eigenvalue weighted by molar-refractivity contribution is -0.137. The van der Waals surface area contributed by atoms with Crippen LogP contribution in [0.1, 0.15) is 36.1 Å². The molecule has 3 aromatic rings. The van der Waals surface area contributed by atoms with Crippen LogP contribution in [0.25, 0.3) is 0 Å². The summed E-state index contributed by atoms with van der Waals surface area (Å²) in [6.07, 6.45) is -3.08. The Kier molecular flexibility index (Phi) is 8.22. The number of rotatable bonds is 9. The maximum Gasteiger partial charge on any atom is 0.416 e. The second kappa shape index (κ2) is 10.9. The molecule has 0 saturated carbocycles. The van der Waals surface area contributed by atoms with Crippen LogP contribution < -0.4 is 9.62 Å². The molecule has 0 aliphatic rings. The molecule has 35 heavy (non-hydrogen) atoms. The molecule has 1 amide bonds. The SMILES string of the molecule is CCc1ccc(CC)c(CNC(=O)CN(c2cccc(C(F)(F)F)c2)S(=O)(=O)c2ccccc2)c1. The number of carbonyl (C=O) groups excluding carboxylic acids is 1. The average Bonchev–Trinajstić information content (AvgIpc) is 2.85. The van der Waals surface area contributed by atoms with Gasteiger partial charge >= 0.3 is 6.18 Å². The first-order chi connectivity index (χ1) is 16.6. The van der Waals surface area contributed by atoms with Crippen LogP contribution in [0.15, 0.2) is 77.7 Å². The van der Waals surface area contributed by atoms with Gasteiger partial charge in [0.1, 0.15) is 6.54 Å². The lowest BCUT2D eigenvalue weighted by Gasteiger charge is -2.25. The van der Waals surface area contributed by atoms with Gasteiger partial charge in [0.15, 0.2) is 0 Å². The van der Waals surface area contributed by atoms with Crippen LogP contribution in [0.4, 0.5) is 18.9 Å². The first-order valence-corrected chi connectivity index (χ1v) is 12.6. The fourth-order valence-corrected chi connectivity index (χ4v) is 5.09. The van der Waals surface area contributed by atoms with E-state index in [2.05, 4.69) is 5.32 Å². The molecule has 0 spiro atoms. The third-order valence-electron chi connectivity index (χ3n) is 5.62. The number of amides is 1. The van der Waals surface area contributed by atoms with Crippen LogP contribution in [0, 0.1) is 0 Å². The van der Waals surface area contributed by atoms with Crippen molar-refractivity contribution >= 4 is 21.6 Å². The van der Waals surface area contributed by atoms with E-state index in [1.54, 1.807) is 6.07 Å². The van der Waals surface area contributed by atoms with Gasteiger partial charge in [-0.05, 0) is 59.9 Å². The van der Waals surface area contributed by atoms with Gasteiger partial charge in [-0.15, -0.1) is 0 Å². The lowest BCUT2D eigenvalue weighted by Crippen LogP contribution is -2.40. The summed E-state index contributed by atoms with van der Waals surface area (Å²) in [4.78, 5) is 12.7. The molecule has 0 aliphatic heterocycles. The van der Waals surface area contributed by atoms with E-state index >= 15 is 0 Å². The first kappa shape index (κ1) is 26.3. The zero-order chi connectivity index (χ0) is 25.6. The molecule has 0 unspecified atom stereocenters. The highest BCUT2D eigenvalue weighted by Crippen LogP contribution is 2.33. The van der Waals surface area contributed by atoms with Gasteiger partial charge in [-0.2, -0.15) is 13.2 Å². The van der Waals surface area contributed by atoms with Crippen molar-refractivity contribution in [2.45, 2.75) is 44.3 Å². The van der Waals surface area contributed by atoms with Crippen LogP contribution in [0.3, 0.4) is 0 Å². The van der Waals surface area contributed by atoms with Crippen LogP contribution >= 0.6 is 0 Å². The minimum Gasteiger partial charge on any atom is -0.350 e. The number of aryl methyl sites for hydroxylation is 2. The molecule has 9 heteroatoms. The fourth-order valence-electron chi connectivity index (χ4n) is 3.66. The van der Waals surface area contributed by atoms with E-state index in [-0.39, 0.29) is 17.1 Å². The zero-order valence-corrected chi connectivity index (χ0v) is 20.3. The number of hydrogen-bond acceptors (Lipinski definition) is 3. The molecule has 0 fully saturated rings. The van der Waals surface area contributed by atoms with E-state index in [0.717, 1.165) is 47.7 Å². The molecule has 3 rings (SSSR count). The Labute approximate surface area is 203 Å². The van der Waals surface area contributed by atoms with E-state index in [1.807, 2.05) is 32.0 Å². The van der Waals surface area contributed by atoms with E-state index in [9.17, 15) is 26.4 Å². The van der Waals surface area contributed by atoms with Gasteiger partial charge in [0.05, 0.1) is 16.1 Å². The summed E-state index contributed by atoms with van der Waals surface area (Å²) in [5, 5.41) is 2.73. The van der Waals surface area contributed by atoms with Crippen LogP contribution in [0.2, 0.25) is 0 Å². The number of nitrogens with zero attached hydrogens (tertiary/aromatic N) is 1. The van der Waals surface area contributed by atoms with Crippen molar-refractivity contribution in [1.82, 2.24) is 5.32 Å². The number of alkyl halides is 3. The number of benzene rings is 3. The Hall–Kier alpha value is -3.33. The van der Waals surface area contributed by atoms with E-state index < -0.39 is 34.2 Å². The molecule has 0 heterocycles. The molecular formula is C26H27F3N2O3S. The summed E-state index contributed by atoms with van der Waals surface area (Å²) >= 11 is 0. The monoisotopic (exact) mass is 504 g/mol. The molecule has 0 atom stereocenters. The van der Waals surface area contributed by atoms with E-state index in [4.69, 9.17) is 0 Å². The maximum absolute atomic E-state index is 13.4. The minimum absolute atomic E-state index is 0.130. The van der Waals surface area contributed by atoms with E-state index in [1.165, 1.54) is 30.3 Å². The second-order valence-electron chi connectivity index (χ2n) is 7.96. The van der Waals surface area contributed by atoms with Gasteiger partial charge in [-0.25, -0.2) is 8.42 Å². The number of halogens is 3. The molecule has 186 valence electrons. The topological polar surface area (TPSA) is 66.5 Å². The molecule has 0 bridgehead atoms. The molecule has 3 aromatic carbocycles. The highest BCUT2D eigenvalue weighted by Gasteiger charge is 2.33. The summed E-state index contributed by atoms with van der Waals surface area (Å²) in [7, 11) is -4.31. The highest BCUT2D eigenvalue weighted by molar-refractivity contribution is 7.92. The summed E-state index contributed by atoms with van der Waals surface area (Å²) < 4.78 is 67.3. The van der Waals surface area contributed by atoms with Crippen molar-refractivity contribution in [3.63, 3.8) is 0 Å². The Morgan fingerprint density at radius 1 is 0.886 bits per heavy atom. The van der Waals surface area contributed by atoms with Crippen LogP contribution in [-0.2, 0) is 40.4 Å². The minimum atomic E-state index is -4.67. The molecule has 0 saturated heterocycles. The molecule has 0 aliphatic carbocycles. The third kappa shape index (κ3) is 6.42. The fraction of sp³-hybridized carbons (Fsp3) is 0.269. The Balaban J connectivity index is 1.92. The number of hydrogen-bond donors (Lipinski definition) is 1. The van der Waals surface area contributed by atoms with Crippen LogP contribution in [-0.4, -0.2) is 20.9 Å². The molecule has 0 radical (unpaired) electrons. The summed E-state index contributed by atoms with van der Waals surface area (Å²) in [6.45, 7) is 3.52. The Morgan fingerprint density at radius 3 is 2.23 bits per heavy atom. The third-order valence-corrected chi connectivity index (χ3v) is 7.40. The largest absolute Gasteiger partial charge is 0.416 e. The van der Waals surface area contributed by atoms with Gasteiger partial charge in [-0.3, -0.25) is 9.10 Å². The van der Waals surface area contributed by atoms with E-state index in [0.29, 0.717) is 4.31 Å².